The van der Waals surface area contributed by atoms with Crippen LogP contribution in [0.5, 0.6) is 11.5 Å². The fourth-order valence-electron chi connectivity index (χ4n) is 2.94. The summed E-state index contributed by atoms with van der Waals surface area (Å²) >= 11 is 0. The van der Waals surface area contributed by atoms with Gasteiger partial charge in [0.05, 0.1) is 0 Å². The van der Waals surface area contributed by atoms with Gasteiger partial charge in [-0.3, -0.25) is 0 Å². The zero-order chi connectivity index (χ0) is 27.0. The number of alkyl halides is 4. The Balaban J connectivity index is 1.92. The van der Waals surface area contributed by atoms with Crippen LogP contribution in [0.2, 0.25) is 0 Å². The molecular formula is C23H11F11O2. The smallest absolute Gasteiger partial charge is 0.429 e. The summed E-state index contributed by atoms with van der Waals surface area (Å²) < 4.78 is 157. The molecule has 0 aromatic heterocycles. The molecule has 36 heavy (non-hydrogen) atoms. The van der Waals surface area contributed by atoms with Crippen molar-refractivity contribution in [2.75, 3.05) is 0 Å². The van der Waals surface area contributed by atoms with Gasteiger partial charge >= 0.3 is 18.3 Å². The monoisotopic (exact) mass is 528 g/mol. The molecule has 0 aliphatic carbocycles. The zero-order valence-corrected chi connectivity index (χ0v) is 17.6. The minimum atomic E-state index is -5.52. The van der Waals surface area contributed by atoms with Gasteiger partial charge in [0.2, 0.25) is 0 Å². The summed E-state index contributed by atoms with van der Waals surface area (Å²) in [6, 6.07) is 6.92. The second-order valence-electron chi connectivity index (χ2n) is 7.21. The summed E-state index contributed by atoms with van der Waals surface area (Å²) in [5, 5.41) is 0. The van der Waals surface area contributed by atoms with E-state index in [9.17, 15) is 48.3 Å². The van der Waals surface area contributed by atoms with Gasteiger partial charge in [-0.15, -0.1) is 0 Å². The Hall–Kier alpha value is -3.77. The molecule has 0 saturated heterocycles. The third kappa shape index (κ3) is 5.55. The largest absolute Gasteiger partial charge is 0.459 e. The maximum absolute atomic E-state index is 14.5. The highest BCUT2D eigenvalue weighted by molar-refractivity contribution is 5.64. The molecule has 2 nitrogen and oxygen atoms in total. The molecule has 3 aromatic carbocycles. The highest BCUT2D eigenvalue weighted by Gasteiger charge is 2.45. The van der Waals surface area contributed by atoms with E-state index in [-0.39, 0.29) is 23.3 Å². The summed E-state index contributed by atoms with van der Waals surface area (Å²) in [6.07, 6.45) is -13.9. The molecule has 0 heterocycles. The van der Waals surface area contributed by atoms with E-state index in [1.807, 2.05) is 0 Å². The maximum Gasteiger partial charge on any atom is 0.459 e. The summed E-state index contributed by atoms with van der Waals surface area (Å²) in [5.74, 6) is -15.0. The number of rotatable bonds is 7. The highest BCUT2D eigenvalue weighted by Crippen LogP contribution is 2.40. The summed E-state index contributed by atoms with van der Waals surface area (Å²) in [5.41, 5.74) is -0.955. The standard InChI is InChI=1S/C23H11F11O2/c1-10-2-4-11(5-3-10)12-6-14(24)18(15(25)7-12)22(31,32)35-13-8-16(26)19(17(27)9-13)36-23(33,34)20(28)21(29)30/h2-9H,1H3. The van der Waals surface area contributed by atoms with E-state index < -0.39 is 64.5 Å². The van der Waals surface area contributed by atoms with E-state index >= 15 is 0 Å². The molecule has 0 atom stereocenters. The molecule has 0 radical (unpaired) electrons. The molecule has 13 heteroatoms. The minimum absolute atomic E-state index is 0.116. The van der Waals surface area contributed by atoms with Crippen LogP contribution in [-0.2, 0) is 6.11 Å². The first-order valence-electron chi connectivity index (χ1n) is 9.53. The first-order valence-corrected chi connectivity index (χ1v) is 9.53. The van der Waals surface area contributed by atoms with Gasteiger partial charge < -0.3 is 9.47 Å². The number of benzene rings is 3. The van der Waals surface area contributed by atoms with Crippen LogP contribution in [0, 0.1) is 30.2 Å². The lowest BCUT2D eigenvalue weighted by Gasteiger charge is -2.21. The average molecular weight is 528 g/mol. The van der Waals surface area contributed by atoms with Crippen molar-refractivity contribution >= 4 is 0 Å². The van der Waals surface area contributed by atoms with Gasteiger partial charge in [-0.05, 0) is 30.2 Å². The molecule has 3 rings (SSSR count). The van der Waals surface area contributed by atoms with Crippen LogP contribution in [0.15, 0.2) is 60.4 Å². The number of aryl methyl sites for hydroxylation is 1. The summed E-state index contributed by atoms with van der Waals surface area (Å²) in [7, 11) is 0. The van der Waals surface area contributed by atoms with Crippen molar-refractivity contribution in [3.05, 3.63) is 94.8 Å². The normalized spacial score (nSPS) is 11.9. The number of hydrogen-bond acceptors (Lipinski definition) is 2. The molecular weight excluding hydrogens is 517 g/mol. The molecule has 0 saturated carbocycles. The third-order valence-corrected chi connectivity index (χ3v) is 4.59. The topological polar surface area (TPSA) is 18.5 Å². The van der Waals surface area contributed by atoms with Crippen molar-refractivity contribution in [2.45, 2.75) is 19.1 Å². The lowest BCUT2D eigenvalue weighted by Crippen LogP contribution is -2.27. The third-order valence-electron chi connectivity index (χ3n) is 4.59. The van der Waals surface area contributed by atoms with E-state index in [0.29, 0.717) is 12.1 Å². The predicted molar refractivity (Wildman–Crippen MR) is 103 cm³/mol. The SMILES string of the molecule is Cc1ccc(-c2cc(F)c(C(F)(F)Oc3cc(F)c(OC(F)(F)C(F)=C(F)F)c(F)c3)c(F)c2)cc1. The first kappa shape index (κ1) is 26.8. The van der Waals surface area contributed by atoms with Crippen molar-refractivity contribution in [1.29, 1.82) is 0 Å². The number of halogens is 11. The first-order chi connectivity index (χ1) is 16.6. The van der Waals surface area contributed by atoms with E-state index in [0.717, 1.165) is 5.56 Å². The van der Waals surface area contributed by atoms with Crippen molar-refractivity contribution in [1.82, 2.24) is 0 Å². The van der Waals surface area contributed by atoms with Crippen LogP contribution in [0.1, 0.15) is 11.1 Å². The van der Waals surface area contributed by atoms with Gasteiger partial charge in [0.1, 0.15) is 22.9 Å². The second-order valence-corrected chi connectivity index (χ2v) is 7.21. The van der Waals surface area contributed by atoms with Gasteiger partial charge in [-0.25, -0.2) is 17.6 Å². The van der Waals surface area contributed by atoms with E-state index in [1.54, 1.807) is 19.1 Å². The number of hydrogen-bond donors (Lipinski definition) is 0. The molecule has 0 N–H and O–H groups in total. The minimum Gasteiger partial charge on any atom is -0.429 e. The molecule has 0 bridgehead atoms. The van der Waals surface area contributed by atoms with Crippen LogP contribution >= 0.6 is 0 Å². The van der Waals surface area contributed by atoms with Crippen LogP contribution in [0.4, 0.5) is 48.3 Å². The Morgan fingerprint density at radius 3 is 1.64 bits per heavy atom. The molecule has 0 amide bonds. The summed E-state index contributed by atoms with van der Waals surface area (Å²) in [4.78, 5) is 0. The van der Waals surface area contributed by atoms with Crippen molar-refractivity contribution in [3.8, 4) is 22.6 Å². The van der Waals surface area contributed by atoms with Gasteiger partial charge in [0, 0.05) is 12.1 Å². The number of ether oxygens (including phenoxy) is 2. The van der Waals surface area contributed by atoms with Crippen molar-refractivity contribution < 1.29 is 57.8 Å². The predicted octanol–water partition coefficient (Wildman–Crippen LogP) is 8.40. The van der Waals surface area contributed by atoms with Gasteiger partial charge in [-0.2, -0.15) is 30.7 Å². The molecule has 0 spiro atoms. The summed E-state index contributed by atoms with van der Waals surface area (Å²) in [6.45, 7) is 1.74. The van der Waals surface area contributed by atoms with Crippen LogP contribution in [-0.4, -0.2) is 6.11 Å². The van der Waals surface area contributed by atoms with Gasteiger partial charge in [-0.1, -0.05) is 29.8 Å². The van der Waals surface area contributed by atoms with Crippen LogP contribution in [0.25, 0.3) is 11.1 Å². The molecule has 0 aliphatic rings. The lowest BCUT2D eigenvalue weighted by atomic mass is 10.0. The molecule has 3 aromatic rings. The fraction of sp³-hybridized carbons (Fsp3) is 0.130. The average Bonchev–Trinajstić information content (AvgIpc) is 2.75. The molecule has 0 unspecified atom stereocenters. The lowest BCUT2D eigenvalue weighted by molar-refractivity contribution is -0.190. The molecule has 192 valence electrons. The Morgan fingerprint density at radius 1 is 0.667 bits per heavy atom. The van der Waals surface area contributed by atoms with Crippen molar-refractivity contribution in [3.63, 3.8) is 0 Å². The van der Waals surface area contributed by atoms with Gasteiger partial charge in [0.25, 0.3) is 5.83 Å². The fourth-order valence-corrected chi connectivity index (χ4v) is 2.94. The Kier molecular flexibility index (Phi) is 7.23. The Labute approximate surface area is 195 Å². The zero-order valence-electron chi connectivity index (χ0n) is 17.6. The maximum atomic E-state index is 14.5. The Bertz CT molecular complexity index is 1270. The van der Waals surface area contributed by atoms with Crippen molar-refractivity contribution in [2.24, 2.45) is 0 Å². The molecule has 0 aliphatic heterocycles. The second kappa shape index (κ2) is 9.70. The van der Waals surface area contributed by atoms with Crippen LogP contribution in [0.3, 0.4) is 0 Å². The van der Waals surface area contributed by atoms with Gasteiger partial charge in [0.15, 0.2) is 17.4 Å². The van der Waals surface area contributed by atoms with E-state index in [2.05, 4.69) is 9.47 Å². The molecule has 0 fully saturated rings. The Morgan fingerprint density at radius 2 is 1.17 bits per heavy atom. The van der Waals surface area contributed by atoms with E-state index in [1.165, 1.54) is 12.1 Å². The highest BCUT2D eigenvalue weighted by atomic mass is 19.3. The van der Waals surface area contributed by atoms with Crippen LogP contribution < -0.4 is 9.47 Å². The quantitative estimate of drug-likeness (QED) is 0.287. The van der Waals surface area contributed by atoms with E-state index in [4.69, 9.17) is 0 Å².